The van der Waals surface area contributed by atoms with Crippen molar-refractivity contribution in [2.45, 2.75) is 30.2 Å². The van der Waals surface area contributed by atoms with E-state index in [0.717, 1.165) is 18.0 Å². The summed E-state index contributed by atoms with van der Waals surface area (Å²) in [5, 5.41) is 4.63. The summed E-state index contributed by atoms with van der Waals surface area (Å²) in [6.07, 6.45) is 0. The molecule has 0 aliphatic carbocycles. The highest BCUT2D eigenvalue weighted by Gasteiger charge is 2.02. The number of nitrogens with one attached hydrogen (secondary N) is 1. The van der Waals surface area contributed by atoms with E-state index in [0.29, 0.717) is 16.0 Å². The highest BCUT2D eigenvalue weighted by atomic mass is 35.5. The van der Waals surface area contributed by atoms with Gasteiger partial charge in [-0.3, -0.25) is 0 Å². The molecule has 21 heavy (non-hydrogen) atoms. The molecule has 0 aliphatic rings. The summed E-state index contributed by atoms with van der Waals surface area (Å²) < 4.78 is 0. The standard InChI is InChI=1S/C17H19Cl2NS/c1-12(2)10-20-11-13-3-5-14(6-4-13)21-15-7-8-16(18)17(19)9-15/h3-9,12,20H,10-11H2,1-2H3. The van der Waals surface area contributed by atoms with E-state index in [1.165, 1.54) is 10.5 Å². The van der Waals surface area contributed by atoms with Crippen LogP contribution in [0.25, 0.3) is 0 Å². The molecule has 112 valence electrons. The van der Waals surface area contributed by atoms with Gasteiger partial charge in [0.1, 0.15) is 0 Å². The number of benzene rings is 2. The molecule has 1 nitrogen and oxygen atoms in total. The van der Waals surface area contributed by atoms with Gasteiger partial charge in [-0.25, -0.2) is 0 Å². The lowest BCUT2D eigenvalue weighted by Crippen LogP contribution is -2.18. The van der Waals surface area contributed by atoms with Gasteiger partial charge in [0.15, 0.2) is 0 Å². The molecule has 0 amide bonds. The summed E-state index contributed by atoms with van der Waals surface area (Å²) in [7, 11) is 0. The number of rotatable bonds is 6. The van der Waals surface area contributed by atoms with E-state index in [1.54, 1.807) is 11.8 Å². The summed E-state index contributed by atoms with van der Waals surface area (Å²) in [5.41, 5.74) is 1.30. The Morgan fingerprint density at radius 1 is 0.952 bits per heavy atom. The van der Waals surface area contributed by atoms with Crippen LogP contribution in [0.4, 0.5) is 0 Å². The first-order valence-corrected chi connectivity index (χ1v) is 8.54. The molecule has 2 aromatic rings. The van der Waals surface area contributed by atoms with E-state index in [1.807, 2.05) is 18.2 Å². The molecule has 0 radical (unpaired) electrons. The van der Waals surface area contributed by atoms with Crippen LogP contribution in [-0.4, -0.2) is 6.54 Å². The van der Waals surface area contributed by atoms with Gasteiger partial charge in [0.25, 0.3) is 0 Å². The minimum Gasteiger partial charge on any atom is -0.312 e. The maximum Gasteiger partial charge on any atom is 0.0603 e. The molecule has 0 spiro atoms. The first-order valence-electron chi connectivity index (χ1n) is 6.97. The van der Waals surface area contributed by atoms with Gasteiger partial charge in [0.05, 0.1) is 10.0 Å². The van der Waals surface area contributed by atoms with Gasteiger partial charge < -0.3 is 5.32 Å². The molecule has 0 atom stereocenters. The smallest absolute Gasteiger partial charge is 0.0603 e. The van der Waals surface area contributed by atoms with Crippen LogP contribution in [0.5, 0.6) is 0 Å². The third-order valence-corrected chi connectivity index (χ3v) is 4.67. The zero-order valence-electron chi connectivity index (χ0n) is 12.2. The molecule has 0 unspecified atom stereocenters. The fraction of sp³-hybridized carbons (Fsp3) is 0.294. The largest absolute Gasteiger partial charge is 0.312 e. The van der Waals surface area contributed by atoms with Crippen molar-refractivity contribution in [2.75, 3.05) is 6.54 Å². The second-order valence-electron chi connectivity index (χ2n) is 5.35. The predicted octanol–water partition coefficient (Wildman–Crippen LogP) is 5.89. The van der Waals surface area contributed by atoms with Crippen molar-refractivity contribution in [3.63, 3.8) is 0 Å². The van der Waals surface area contributed by atoms with E-state index < -0.39 is 0 Å². The topological polar surface area (TPSA) is 12.0 Å². The van der Waals surface area contributed by atoms with Gasteiger partial charge in [0, 0.05) is 16.3 Å². The third kappa shape index (κ3) is 5.55. The van der Waals surface area contributed by atoms with Crippen molar-refractivity contribution in [3.8, 4) is 0 Å². The summed E-state index contributed by atoms with van der Waals surface area (Å²) in [4.78, 5) is 2.29. The minimum absolute atomic E-state index is 0.590. The Morgan fingerprint density at radius 2 is 1.62 bits per heavy atom. The maximum atomic E-state index is 6.03. The maximum absolute atomic E-state index is 6.03. The molecule has 0 heterocycles. The van der Waals surface area contributed by atoms with Crippen molar-refractivity contribution < 1.29 is 0 Å². The van der Waals surface area contributed by atoms with E-state index in [9.17, 15) is 0 Å². The quantitative estimate of drug-likeness (QED) is 0.704. The van der Waals surface area contributed by atoms with E-state index in [4.69, 9.17) is 23.2 Å². The van der Waals surface area contributed by atoms with Crippen LogP contribution in [-0.2, 0) is 6.54 Å². The molecule has 0 saturated carbocycles. The molecule has 0 aromatic heterocycles. The van der Waals surface area contributed by atoms with Crippen LogP contribution in [0.3, 0.4) is 0 Å². The highest BCUT2D eigenvalue weighted by Crippen LogP contribution is 2.32. The van der Waals surface area contributed by atoms with Crippen LogP contribution in [0.15, 0.2) is 52.3 Å². The molecule has 0 fully saturated rings. The minimum atomic E-state index is 0.590. The normalized spacial score (nSPS) is 11.1. The Labute approximate surface area is 141 Å². The van der Waals surface area contributed by atoms with Gasteiger partial charge in [-0.1, -0.05) is 60.9 Å². The monoisotopic (exact) mass is 339 g/mol. The molecule has 2 aromatic carbocycles. The average Bonchev–Trinajstić information content (AvgIpc) is 2.44. The molecule has 0 saturated heterocycles. The molecule has 2 rings (SSSR count). The average molecular weight is 340 g/mol. The third-order valence-electron chi connectivity index (χ3n) is 2.93. The summed E-state index contributed by atoms with van der Waals surface area (Å²) in [6.45, 7) is 6.38. The second kappa shape index (κ2) is 8.09. The van der Waals surface area contributed by atoms with Gasteiger partial charge >= 0.3 is 0 Å². The van der Waals surface area contributed by atoms with Gasteiger partial charge in [0.2, 0.25) is 0 Å². The number of hydrogen-bond donors (Lipinski definition) is 1. The van der Waals surface area contributed by atoms with Crippen LogP contribution in [0, 0.1) is 5.92 Å². The molecule has 0 bridgehead atoms. The fourth-order valence-corrected chi connectivity index (χ4v) is 3.08. The Kier molecular flexibility index (Phi) is 6.43. The molecular formula is C17H19Cl2NS. The van der Waals surface area contributed by atoms with Gasteiger partial charge in [-0.2, -0.15) is 0 Å². The highest BCUT2D eigenvalue weighted by molar-refractivity contribution is 7.99. The first-order chi connectivity index (χ1) is 10.0. The van der Waals surface area contributed by atoms with Crippen LogP contribution < -0.4 is 5.32 Å². The lowest BCUT2D eigenvalue weighted by Gasteiger charge is -2.08. The van der Waals surface area contributed by atoms with Crippen molar-refractivity contribution in [2.24, 2.45) is 5.92 Å². The van der Waals surface area contributed by atoms with Crippen LogP contribution in [0.1, 0.15) is 19.4 Å². The Hall–Kier alpha value is -0.670. The Morgan fingerprint density at radius 3 is 2.24 bits per heavy atom. The fourth-order valence-electron chi connectivity index (χ4n) is 1.86. The SMILES string of the molecule is CC(C)CNCc1ccc(Sc2ccc(Cl)c(Cl)c2)cc1. The summed E-state index contributed by atoms with van der Waals surface area (Å²) in [5.74, 6) is 0.675. The Balaban J connectivity index is 1.94. The van der Waals surface area contributed by atoms with Gasteiger partial charge in [-0.15, -0.1) is 0 Å². The molecule has 4 heteroatoms. The molecule has 1 N–H and O–H groups in total. The van der Waals surface area contributed by atoms with Crippen molar-refractivity contribution in [1.82, 2.24) is 5.32 Å². The van der Waals surface area contributed by atoms with Gasteiger partial charge in [-0.05, 0) is 48.4 Å². The predicted molar refractivity (Wildman–Crippen MR) is 93.6 cm³/mol. The molecule has 0 aliphatic heterocycles. The van der Waals surface area contributed by atoms with Crippen LogP contribution >= 0.6 is 35.0 Å². The number of hydrogen-bond acceptors (Lipinski definition) is 2. The van der Waals surface area contributed by atoms with Crippen molar-refractivity contribution in [3.05, 3.63) is 58.1 Å². The first kappa shape index (κ1) is 16.7. The number of halogens is 2. The van der Waals surface area contributed by atoms with E-state index in [2.05, 4.69) is 43.4 Å². The zero-order chi connectivity index (χ0) is 15.2. The van der Waals surface area contributed by atoms with E-state index in [-0.39, 0.29) is 0 Å². The zero-order valence-corrected chi connectivity index (χ0v) is 14.5. The summed E-state index contributed by atoms with van der Waals surface area (Å²) in [6, 6.07) is 14.3. The second-order valence-corrected chi connectivity index (χ2v) is 7.31. The van der Waals surface area contributed by atoms with E-state index >= 15 is 0 Å². The van der Waals surface area contributed by atoms with Crippen molar-refractivity contribution in [1.29, 1.82) is 0 Å². The van der Waals surface area contributed by atoms with Crippen molar-refractivity contribution >= 4 is 35.0 Å². The summed E-state index contributed by atoms with van der Waals surface area (Å²) >= 11 is 13.6. The lowest BCUT2D eigenvalue weighted by molar-refractivity contribution is 0.552. The van der Waals surface area contributed by atoms with Crippen LogP contribution in [0.2, 0.25) is 10.0 Å². The molecular weight excluding hydrogens is 321 g/mol. The lowest BCUT2D eigenvalue weighted by atomic mass is 10.2. The Bertz CT molecular complexity index is 582.